The Bertz CT molecular complexity index is 768. The monoisotopic (exact) mass is 424 g/mol. The molecule has 1 aliphatic carbocycles. The highest BCUT2D eigenvalue weighted by molar-refractivity contribution is 5.95. The van der Waals surface area contributed by atoms with Gasteiger partial charge in [0.2, 0.25) is 5.91 Å². The number of phenolic OH excluding ortho intramolecular Hbond substituents is 2. The summed E-state index contributed by atoms with van der Waals surface area (Å²) < 4.78 is 5.42. The van der Waals surface area contributed by atoms with Gasteiger partial charge in [-0.1, -0.05) is 12.8 Å². The fourth-order valence-corrected chi connectivity index (χ4v) is 4.01. The van der Waals surface area contributed by atoms with Crippen LogP contribution in [-0.2, 0) is 9.53 Å². The minimum absolute atomic E-state index is 0.0641. The zero-order chi connectivity index (χ0) is 22.0. The number of phenols is 2. The zero-order valence-electron chi connectivity index (χ0n) is 16.6. The number of carbonyl (C=O) groups is 2. The van der Waals surface area contributed by atoms with Crippen LogP contribution in [0.4, 0.5) is 0 Å². The van der Waals surface area contributed by atoms with E-state index < -0.39 is 54.4 Å². The van der Waals surface area contributed by atoms with Crippen molar-refractivity contribution >= 4 is 11.8 Å². The van der Waals surface area contributed by atoms with Crippen LogP contribution in [0.2, 0.25) is 0 Å². The molecule has 1 aromatic carbocycles. The molecule has 0 aromatic heterocycles. The second-order valence-electron chi connectivity index (χ2n) is 7.95. The molecule has 7 N–H and O–H groups in total. The molecule has 1 heterocycles. The molecule has 10 nitrogen and oxygen atoms in total. The average Bonchev–Trinajstić information content (AvgIpc) is 2.70. The SMILES string of the molecule is C[C@@H]1O[C@@H](NC(=O)[C@H]2CCCC[C@H]2NC(=O)c2cc(O)cc(O)c2)[C@@H](O)[C@H](O)[C@@H]1O. The number of benzene rings is 1. The normalized spacial score (nSPS) is 34.2. The highest BCUT2D eigenvalue weighted by Gasteiger charge is 2.43. The van der Waals surface area contributed by atoms with Gasteiger partial charge in [0.25, 0.3) is 5.91 Å². The summed E-state index contributed by atoms with van der Waals surface area (Å²) in [6.45, 7) is 1.52. The summed E-state index contributed by atoms with van der Waals surface area (Å²) in [5, 5.41) is 54.3. The van der Waals surface area contributed by atoms with Gasteiger partial charge in [0.05, 0.1) is 12.0 Å². The van der Waals surface area contributed by atoms with Crippen molar-refractivity contribution in [3.05, 3.63) is 23.8 Å². The number of aliphatic hydroxyl groups excluding tert-OH is 3. The predicted molar refractivity (Wildman–Crippen MR) is 103 cm³/mol. The maximum Gasteiger partial charge on any atom is 0.251 e. The molecule has 1 aliphatic heterocycles. The molecule has 1 saturated heterocycles. The van der Waals surface area contributed by atoms with Crippen LogP contribution in [0.3, 0.4) is 0 Å². The molecule has 10 heteroatoms. The number of aromatic hydroxyl groups is 2. The first-order valence-electron chi connectivity index (χ1n) is 10.0. The Morgan fingerprint density at radius 2 is 1.57 bits per heavy atom. The minimum Gasteiger partial charge on any atom is -0.508 e. The van der Waals surface area contributed by atoms with Gasteiger partial charge in [-0.2, -0.15) is 0 Å². The molecule has 3 rings (SSSR count). The Morgan fingerprint density at radius 3 is 2.23 bits per heavy atom. The van der Waals surface area contributed by atoms with E-state index in [-0.39, 0.29) is 17.1 Å². The summed E-state index contributed by atoms with van der Waals surface area (Å²) in [5.41, 5.74) is 0.0641. The fraction of sp³-hybridized carbons (Fsp3) is 0.600. The van der Waals surface area contributed by atoms with Gasteiger partial charge in [-0.05, 0) is 31.9 Å². The van der Waals surface area contributed by atoms with E-state index >= 15 is 0 Å². The van der Waals surface area contributed by atoms with Crippen LogP contribution in [0.15, 0.2) is 18.2 Å². The Labute approximate surface area is 173 Å². The largest absolute Gasteiger partial charge is 0.508 e. The second-order valence-corrected chi connectivity index (χ2v) is 7.95. The predicted octanol–water partition coefficient (Wildman–Crippen LogP) is -0.670. The Morgan fingerprint density at radius 1 is 0.933 bits per heavy atom. The number of rotatable bonds is 4. The molecule has 30 heavy (non-hydrogen) atoms. The van der Waals surface area contributed by atoms with Crippen molar-refractivity contribution in [3.63, 3.8) is 0 Å². The van der Waals surface area contributed by atoms with Crippen molar-refractivity contribution in [2.45, 2.75) is 69.3 Å². The Kier molecular flexibility index (Phi) is 6.81. The quantitative estimate of drug-likeness (QED) is 0.334. The minimum atomic E-state index is -1.49. The average molecular weight is 424 g/mol. The summed E-state index contributed by atoms with van der Waals surface area (Å²) in [4.78, 5) is 25.4. The van der Waals surface area contributed by atoms with Gasteiger partial charge in [0, 0.05) is 17.7 Å². The molecule has 166 valence electrons. The topological polar surface area (TPSA) is 169 Å². The van der Waals surface area contributed by atoms with Crippen LogP contribution in [0.5, 0.6) is 11.5 Å². The highest BCUT2D eigenvalue weighted by Crippen LogP contribution is 2.27. The first-order chi connectivity index (χ1) is 14.2. The first kappa shape index (κ1) is 22.3. The van der Waals surface area contributed by atoms with Crippen LogP contribution in [0.1, 0.15) is 43.0 Å². The van der Waals surface area contributed by atoms with Gasteiger partial charge in [-0.3, -0.25) is 9.59 Å². The highest BCUT2D eigenvalue weighted by atomic mass is 16.5. The molecule has 0 unspecified atom stereocenters. The number of ether oxygens (including phenoxy) is 1. The molecule has 0 spiro atoms. The number of carbonyl (C=O) groups excluding carboxylic acids is 2. The Balaban J connectivity index is 1.67. The number of nitrogens with one attached hydrogen (secondary N) is 2. The molecule has 2 aliphatic rings. The van der Waals surface area contributed by atoms with E-state index in [9.17, 15) is 35.1 Å². The van der Waals surface area contributed by atoms with E-state index in [2.05, 4.69) is 10.6 Å². The van der Waals surface area contributed by atoms with Gasteiger partial charge in [0.15, 0.2) is 6.23 Å². The third-order valence-corrected chi connectivity index (χ3v) is 5.72. The standard InChI is InChI=1S/C20H28N2O8/c1-9-15(25)16(26)17(27)20(30-9)22-19(29)13-4-2-3-5-14(13)21-18(28)10-6-11(23)8-12(24)7-10/h6-9,13-17,20,23-27H,2-5H2,1H3,(H,21,28)(H,22,29)/t9-,13-,14+,15+,16+,17-,20+/m0/s1. The van der Waals surface area contributed by atoms with Crippen molar-refractivity contribution in [1.82, 2.24) is 10.6 Å². The fourth-order valence-electron chi connectivity index (χ4n) is 4.01. The van der Waals surface area contributed by atoms with E-state index in [4.69, 9.17) is 4.74 Å². The van der Waals surface area contributed by atoms with Crippen LogP contribution in [-0.4, -0.2) is 74.0 Å². The van der Waals surface area contributed by atoms with Gasteiger partial charge < -0.3 is 40.9 Å². The summed E-state index contributed by atoms with van der Waals surface area (Å²) in [5.74, 6) is -2.08. The van der Waals surface area contributed by atoms with Crippen LogP contribution in [0.25, 0.3) is 0 Å². The molecule has 0 radical (unpaired) electrons. The van der Waals surface area contributed by atoms with E-state index in [1.165, 1.54) is 19.1 Å². The van der Waals surface area contributed by atoms with Crippen molar-refractivity contribution in [1.29, 1.82) is 0 Å². The molecule has 1 aromatic rings. The first-order valence-corrected chi connectivity index (χ1v) is 10.0. The molecule has 7 atom stereocenters. The maximum atomic E-state index is 12.9. The molecular formula is C20H28N2O8. The van der Waals surface area contributed by atoms with Gasteiger partial charge in [-0.25, -0.2) is 0 Å². The lowest BCUT2D eigenvalue weighted by molar-refractivity contribution is -0.225. The second kappa shape index (κ2) is 9.17. The lowest BCUT2D eigenvalue weighted by Gasteiger charge is -2.40. The lowest BCUT2D eigenvalue weighted by Crippen LogP contribution is -2.63. The number of amides is 2. The number of hydrogen-bond acceptors (Lipinski definition) is 8. The maximum absolute atomic E-state index is 12.9. The zero-order valence-corrected chi connectivity index (χ0v) is 16.6. The van der Waals surface area contributed by atoms with Crippen molar-refractivity contribution in [2.75, 3.05) is 0 Å². The Hall–Kier alpha value is -2.40. The number of aliphatic hydroxyl groups is 3. The molecule has 0 bridgehead atoms. The van der Waals surface area contributed by atoms with E-state index in [0.29, 0.717) is 12.8 Å². The van der Waals surface area contributed by atoms with Crippen molar-refractivity contribution in [2.24, 2.45) is 5.92 Å². The van der Waals surface area contributed by atoms with Crippen molar-refractivity contribution < 1.29 is 39.9 Å². The van der Waals surface area contributed by atoms with E-state index in [0.717, 1.165) is 18.9 Å². The summed E-state index contributed by atoms with van der Waals surface area (Å²) >= 11 is 0. The third kappa shape index (κ3) is 4.84. The summed E-state index contributed by atoms with van der Waals surface area (Å²) in [6, 6.07) is 3.04. The van der Waals surface area contributed by atoms with Crippen LogP contribution in [0, 0.1) is 5.92 Å². The number of hydrogen-bond donors (Lipinski definition) is 7. The van der Waals surface area contributed by atoms with E-state index in [1.807, 2.05) is 0 Å². The van der Waals surface area contributed by atoms with Crippen LogP contribution >= 0.6 is 0 Å². The molecular weight excluding hydrogens is 396 g/mol. The summed E-state index contributed by atoms with van der Waals surface area (Å²) in [6.07, 6.45) is -3.54. The molecule has 2 fully saturated rings. The lowest BCUT2D eigenvalue weighted by atomic mass is 9.83. The van der Waals surface area contributed by atoms with Gasteiger partial charge in [-0.15, -0.1) is 0 Å². The van der Waals surface area contributed by atoms with Crippen molar-refractivity contribution in [3.8, 4) is 11.5 Å². The van der Waals surface area contributed by atoms with Gasteiger partial charge >= 0.3 is 0 Å². The van der Waals surface area contributed by atoms with Gasteiger partial charge in [0.1, 0.15) is 29.8 Å². The van der Waals surface area contributed by atoms with Crippen LogP contribution < -0.4 is 10.6 Å². The summed E-state index contributed by atoms with van der Waals surface area (Å²) in [7, 11) is 0. The third-order valence-electron chi connectivity index (χ3n) is 5.72. The molecule has 1 saturated carbocycles. The smallest absolute Gasteiger partial charge is 0.251 e. The van der Waals surface area contributed by atoms with E-state index in [1.54, 1.807) is 0 Å². The molecule has 2 amide bonds.